The zero-order valence-electron chi connectivity index (χ0n) is 9.44. The predicted octanol–water partition coefficient (Wildman–Crippen LogP) is 0.949. The van der Waals surface area contributed by atoms with Crippen molar-refractivity contribution in [1.29, 1.82) is 0 Å². The lowest BCUT2D eigenvalue weighted by atomic mass is 10.1. The molecule has 1 aromatic rings. The highest BCUT2D eigenvalue weighted by atomic mass is 19.1. The minimum atomic E-state index is -0.792. The largest absolute Gasteiger partial charge is 0.386 e. The van der Waals surface area contributed by atoms with Gasteiger partial charge in [0.15, 0.2) is 5.96 Å². The number of hydrogen-bond acceptors (Lipinski definition) is 2. The van der Waals surface area contributed by atoms with E-state index in [1.807, 2.05) is 0 Å². The lowest BCUT2D eigenvalue weighted by Crippen LogP contribution is -2.32. The van der Waals surface area contributed by atoms with Crippen LogP contribution in [0.15, 0.2) is 41.9 Å². The van der Waals surface area contributed by atoms with Crippen molar-refractivity contribution in [2.24, 2.45) is 10.7 Å². The Labute approximate surface area is 99.7 Å². The van der Waals surface area contributed by atoms with Gasteiger partial charge in [0.1, 0.15) is 5.82 Å². The van der Waals surface area contributed by atoms with Gasteiger partial charge in [-0.25, -0.2) is 4.39 Å². The van der Waals surface area contributed by atoms with Crippen molar-refractivity contribution in [2.45, 2.75) is 6.10 Å². The predicted molar refractivity (Wildman–Crippen MR) is 66.0 cm³/mol. The Morgan fingerprint density at radius 3 is 2.76 bits per heavy atom. The zero-order chi connectivity index (χ0) is 12.7. The second-order valence-electron chi connectivity index (χ2n) is 3.46. The fraction of sp³-hybridized carbons (Fsp3) is 0.250. The van der Waals surface area contributed by atoms with Crippen molar-refractivity contribution in [1.82, 2.24) is 5.32 Å². The van der Waals surface area contributed by atoms with Crippen molar-refractivity contribution >= 4 is 5.96 Å². The lowest BCUT2D eigenvalue weighted by Gasteiger charge is -2.09. The van der Waals surface area contributed by atoms with Gasteiger partial charge in [0, 0.05) is 6.54 Å². The average Bonchev–Trinajstić information content (AvgIpc) is 2.34. The molecule has 0 spiro atoms. The number of nitrogens with two attached hydrogens (primary N) is 1. The van der Waals surface area contributed by atoms with Gasteiger partial charge in [-0.05, 0) is 17.7 Å². The number of aliphatic hydroxyl groups excluding tert-OH is 1. The minimum absolute atomic E-state index is 0.127. The number of rotatable bonds is 5. The summed E-state index contributed by atoms with van der Waals surface area (Å²) in [5.41, 5.74) is 6.13. The van der Waals surface area contributed by atoms with E-state index >= 15 is 0 Å². The van der Waals surface area contributed by atoms with E-state index in [4.69, 9.17) is 5.73 Å². The van der Waals surface area contributed by atoms with Crippen LogP contribution in [0.5, 0.6) is 0 Å². The molecule has 0 aliphatic carbocycles. The zero-order valence-corrected chi connectivity index (χ0v) is 9.44. The highest BCUT2D eigenvalue weighted by molar-refractivity contribution is 5.77. The smallest absolute Gasteiger partial charge is 0.188 e. The summed E-state index contributed by atoms with van der Waals surface area (Å²) in [4.78, 5) is 3.95. The molecule has 0 radical (unpaired) electrons. The molecule has 4 N–H and O–H groups in total. The maximum atomic E-state index is 12.7. The molecule has 0 aliphatic rings. The van der Waals surface area contributed by atoms with Crippen LogP contribution in [-0.4, -0.2) is 24.2 Å². The molecule has 0 saturated heterocycles. The molecular formula is C12H16FN3O. The van der Waals surface area contributed by atoms with Crippen LogP contribution in [0.2, 0.25) is 0 Å². The topological polar surface area (TPSA) is 70.6 Å². The van der Waals surface area contributed by atoms with Gasteiger partial charge in [0.25, 0.3) is 0 Å². The van der Waals surface area contributed by atoms with Crippen LogP contribution in [-0.2, 0) is 0 Å². The Kier molecular flexibility index (Phi) is 5.16. The van der Waals surface area contributed by atoms with E-state index in [1.54, 1.807) is 6.08 Å². The van der Waals surface area contributed by atoms with Gasteiger partial charge in [-0.1, -0.05) is 18.2 Å². The SMILES string of the molecule is C=CCNC(N)=NC[C@@H](O)c1ccc(F)cc1. The van der Waals surface area contributed by atoms with E-state index in [-0.39, 0.29) is 18.3 Å². The molecule has 0 aromatic heterocycles. The number of halogens is 1. The van der Waals surface area contributed by atoms with Crippen molar-refractivity contribution in [3.05, 3.63) is 48.3 Å². The van der Waals surface area contributed by atoms with Gasteiger partial charge in [-0.3, -0.25) is 4.99 Å². The summed E-state index contributed by atoms with van der Waals surface area (Å²) in [5.74, 6) is -0.0947. The van der Waals surface area contributed by atoms with Crippen LogP contribution < -0.4 is 11.1 Å². The third kappa shape index (κ3) is 4.65. The van der Waals surface area contributed by atoms with Gasteiger partial charge in [0.2, 0.25) is 0 Å². The maximum absolute atomic E-state index is 12.7. The molecule has 0 unspecified atom stereocenters. The maximum Gasteiger partial charge on any atom is 0.188 e. The number of benzene rings is 1. The molecule has 0 amide bonds. The molecule has 0 saturated carbocycles. The van der Waals surface area contributed by atoms with E-state index in [0.717, 1.165) is 0 Å². The minimum Gasteiger partial charge on any atom is -0.386 e. The normalized spacial score (nSPS) is 13.2. The van der Waals surface area contributed by atoms with Crippen LogP contribution in [0, 0.1) is 5.82 Å². The Balaban J connectivity index is 2.51. The third-order valence-corrected chi connectivity index (χ3v) is 2.12. The van der Waals surface area contributed by atoms with E-state index < -0.39 is 6.10 Å². The van der Waals surface area contributed by atoms with E-state index in [0.29, 0.717) is 12.1 Å². The first kappa shape index (κ1) is 13.2. The number of guanidine groups is 1. The second kappa shape index (κ2) is 6.65. The molecule has 0 bridgehead atoms. The van der Waals surface area contributed by atoms with Gasteiger partial charge in [-0.2, -0.15) is 0 Å². The molecule has 5 heteroatoms. The molecule has 0 aliphatic heterocycles. The summed E-state index contributed by atoms with van der Waals surface area (Å²) >= 11 is 0. The summed E-state index contributed by atoms with van der Waals surface area (Å²) in [6.07, 6.45) is 0.860. The van der Waals surface area contributed by atoms with Crippen molar-refractivity contribution in [3.63, 3.8) is 0 Å². The van der Waals surface area contributed by atoms with Crippen LogP contribution in [0.1, 0.15) is 11.7 Å². The highest BCUT2D eigenvalue weighted by Gasteiger charge is 2.06. The third-order valence-electron chi connectivity index (χ3n) is 2.12. The Bertz CT molecular complexity index is 389. The van der Waals surface area contributed by atoms with Gasteiger partial charge >= 0.3 is 0 Å². The fourth-order valence-electron chi connectivity index (χ4n) is 1.21. The molecule has 92 valence electrons. The highest BCUT2D eigenvalue weighted by Crippen LogP contribution is 2.13. The number of aliphatic hydroxyl groups is 1. The molecule has 0 heterocycles. The van der Waals surface area contributed by atoms with Crippen LogP contribution in [0.3, 0.4) is 0 Å². The number of aliphatic imine (C=N–C) groups is 1. The summed E-state index contributed by atoms with van der Waals surface area (Å²) < 4.78 is 12.7. The van der Waals surface area contributed by atoms with E-state index in [9.17, 15) is 9.50 Å². The number of hydrogen-bond donors (Lipinski definition) is 3. The summed E-state index contributed by atoms with van der Waals surface area (Å²) in [6.45, 7) is 4.17. The van der Waals surface area contributed by atoms with E-state index in [1.165, 1.54) is 24.3 Å². The van der Waals surface area contributed by atoms with Crippen LogP contribution in [0.4, 0.5) is 4.39 Å². The molecule has 1 atom stereocenters. The van der Waals surface area contributed by atoms with Crippen molar-refractivity contribution < 1.29 is 9.50 Å². The average molecular weight is 237 g/mol. The Morgan fingerprint density at radius 2 is 2.18 bits per heavy atom. The fourth-order valence-corrected chi connectivity index (χ4v) is 1.21. The quantitative estimate of drug-likeness (QED) is 0.405. The lowest BCUT2D eigenvalue weighted by molar-refractivity contribution is 0.187. The van der Waals surface area contributed by atoms with Gasteiger partial charge < -0.3 is 16.2 Å². The second-order valence-corrected chi connectivity index (χ2v) is 3.46. The Hall–Kier alpha value is -1.88. The summed E-state index contributed by atoms with van der Waals surface area (Å²) in [7, 11) is 0. The van der Waals surface area contributed by atoms with Crippen molar-refractivity contribution in [3.8, 4) is 0 Å². The summed E-state index contributed by atoms with van der Waals surface area (Å²) in [6, 6.07) is 5.62. The molecule has 17 heavy (non-hydrogen) atoms. The molecule has 1 rings (SSSR count). The van der Waals surface area contributed by atoms with Crippen LogP contribution >= 0.6 is 0 Å². The first-order valence-electron chi connectivity index (χ1n) is 5.21. The first-order valence-corrected chi connectivity index (χ1v) is 5.21. The van der Waals surface area contributed by atoms with Crippen LogP contribution in [0.25, 0.3) is 0 Å². The molecule has 1 aromatic carbocycles. The molecular weight excluding hydrogens is 221 g/mol. The molecule has 0 fully saturated rings. The van der Waals surface area contributed by atoms with Gasteiger partial charge in [0.05, 0.1) is 12.6 Å². The standard InChI is InChI=1S/C12H16FN3O/c1-2-7-15-12(14)16-8-11(17)9-3-5-10(13)6-4-9/h2-6,11,17H,1,7-8H2,(H3,14,15,16)/t11-/m1/s1. The Morgan fingerprint density at radius 1 is 1.53 bits per heavy atom. The first-order chi connectivity index (χ1) is 8.13. The number of nitrogens with one attached hydrogen (secondary N) is 1. The number of nitrogens with zero attached hydrogens (tertiary/aromatic N) is 1. The summed E-state index contributed by atoms with van der Waals surface area (Å²) in [5, 5.41) is 12.5. The monoisotopic (exact) mass is 237 g/mol. The molecule has 4 nitrogen and oxygen atoms in total. The van der Waals surface area contributed by atoms with Crippen molar-refractivity contribution in [2.75, 3.05) is 13.1 Å². The van der Waals surface area contributed by atoms with E-state index in [2.05, 4.69) is 16.9 Å². The van der Waals surface area contributed by atoms with Gasteiger partial charge in [-0.15, -0.1) is 6.58 Å².